The van der Waals surface area contributed by atoms with E-state index in [1.54, 1.807) is 0 Å². The maximum absolute atomic E-state index is 12.6. The van der Waals surface area contributed by atoms with Crippen LogP contribution in [-0.2, 0) is 0 Å². The van der Waals surface area contributed by atoms with Crippen molar-refractivity contribution >= 4 is 116 Å². The average molecular weight is 832 g/mol. The van der Waals surface area contributed by atoms with Gasteiger partial charge in [0.2, 0.25) is 0 Å². The fourth-order valence-electron chi connectivity index (χ4n) is 3.55. The molecule has 35 heavy (non-hydrogen) atoms. The van der Waals surface area contributed by atoms with Crippen molar-refractivity contribution < 1.29 is 84.0 Å². The summed E-state index contributed by atoms with van der Waals surface area (Å²) >= 11 is 38.2. The number of carbonyl (C=O) groups is 1. The number of halogens is 8. The van der Waals surface area contributed by atoms with Crippen LogP contribution in [0.1, 0.15) is 33.0 Å². The molecule has 15 heteroatoms. The van der Waals surface area contributed by atoms with Crippen LogP contribution in [0.5, 0.6) is 23.0 Å². The Kier molecular flexibility index (Phi) is 11.6. The van der Waals surface area contributed by atoms with Crippen LogP contribution in [0, 0.1) is 0 Å². The van der Waals surface area contributed by atoms with E-state index in [0.717, 1.165) is 0 Å². The van der Waals surface area contributed by atoms with E-state index in [4.69, 9.17) is 51.1 Å². The maximum atomic E-state index is 12.6. The van der Waals surface area contributed by atoms with Crippen LogP contribution in [0.3, 0.4) is 0 Å². The first-order valence-corrected chi connectivity index (χ1v) is 13.2. The molecule has 0 aliphatic carbocycles. The Morgan fingerprint density at radius 3 is 1.89 bits per heavy atom. The average Bonchev–Trinajstić information content (AvgIpc) is 2.76. The number of aromatic carboxylic acids is 1. The molecular formula is C20H4Br4Cl4Na2O5. The monoisotopic (exact) mass is 826 g/mol. The van der Waals surface area contributed by atoms with E-state index in [1.807, 2.05) is 0 Å². The van der Waals surface area contributed by atoms with E-state index < -0.39 is 23.2 Å². The van der Waals surface area contributed by atoms with E-state index in [2.05, 4.69) is 63.7 Å². The Morgan fingerprint density at radius 1 is 0.857 bits per heavy atom. The number of hydrogen-bond acceptors (Lipinski definition) is 5. The van der Waals surface area contributed by atoms with Crippen molar-refractivity contribution in [2.45, 2.75) is 5.92 Å². The third-order valence-electron chi connectivity index (χ3n) is 4.96. The molecule has 0 bridgehead atoms. The number of phenols is 1. The molecule has 0 spiro atoms. The second-order valence-electron chi connectivity index (χ2n) is 6.73. The van der Waals surface area contributed by atoms with E-state index >= 15 is 0 Å². The molecule has 0 saturated carbocycles. The quantitative estimate of drug-likeness (QED) is 0.189. The van der Waals surface area contributed by atoms with Crippen LogP contribution in [-0.4, -0.2) is 11.1 Å². The molecule has 1 aliphatic rings. The molecule has 1 aliphatic heterocycles. The number of fused-ring (bicyclic) bond motifs is 2. The van der Waals surface area contributed by atoms with E-state index in [9.17, 15) is 20.1 Å². The molecule has 5 nitrogen and oxygen atoms in total. The Labute approximate surface area is 296 Å². The van der Waals surface area contributed by atoms with Gasteiger partial charge in [-0.25, -0.2) is 0 Å². The zero-order valence-electron chi connectivity index (χ0n) is 17.3. The van der Waals surface area contributed by atoms with Crippen LogP contribution in [0.15, 0.2) is 30.0 Å². The molecule has 0 saturated heterocycles. The summed E-state index contributed by atoms with van der Waals surface area (Å²) in [6.45, 7) is 0. The number of phenolic OH excluding ortho intramolecular Hbond substituents is 1. The Bertz CT molecular complexity index is 1340. The van der Waals surface area contributed by atoms with Gasteiger partial charge in [0, 0.05) is 27.1 Å². The number of hydrogen-bond donors (Lipinski definition) is 1. The normalized spacial score (nSPS) is 13.7. The van der Waals surface area contributed by atoms with Crippen molar-refractivity contribution in [3.63, 3.8) is 0 Å². The first-order valence-electron chi connectivity index (χ1n) is 8.53. The summed E-state index contributed by atoms with van der Waals surface area (Å²) in [6.07, 6.45) is 0. The molecule has 172 valence electrons. The predicted octanol–water partition coefficient (Wildman–Crippen LogP) is 1.79. The first-order chi connectivity index (χ1) is 15.4. The summed E-state index contributed by atoms with van der Waals surface area (Å²) in [4.78, 5) is 12.2. The van der Waals surface area contributed by atoms with Crippen molar-refractivity contribution in [3.05, 3.63) is 72.4 Å². The van der Waals surface area contributed by atoms with Gasteiger partial charge in [-0.15, -0.1) is 0 Å². The minimum atomic E-state index is -1.64. The van der Waals surface area contributed by atoms with Gasteiger partial charge in [0.25, 0.3) is 0 Å². The topological polar surface area (TPSA) is 92.7 Å². The van der Waals surface area contributed by atoms with E-state index in [0.29, 0.717) is 11.1 Å². The second-order valence-corrected chi connectivity index (χ2v) is 11.5. The summed E-state index contributed by atoms with van der Waals surface area (Å²) in [5, 5.41) is 34.2. The van der Waals surface area contributed by atoms with Gasteiger partial charge < -0.3 is 24.9 Å². The predicted molar refractivity (Wildman–Crippen MR) is 137 cm³/mol. The van der Waals surface area contributed by atoms with Gasteiger partial charge >= 0.3 is 59.1 Å². The van der Waals surface area contributed by atoms with Gasteiger partial charge in [0.05, 0.1) is 35.0 Å². The molecule has 3 aromatic rings. The Hall–Kier alpha value is 1.61. The van der Waals surface area contributed by atoms with Crippen LogP contribution >= 0.6 is 110 Å². The number of carboxylic acids is 1. The number of rotatable bonds is 2. The number of benzene rings is 3. The SMILES string of the molecule is O=C([O-])c1c(Cl)c(Cl)c(Cl)c(Cl)c1C1c2cc(Br)c([O-])c(Br)c2Oc2c1cc(Br)c(O)c2Br.[Na+].[Na+]. The number of carbonyl (C=O) groups excluding carboxylic acids is 1. The summed E-state index contributed by atoms with van der Waals surface area (Å²) in [5.41, 5.74) is 0.252. The molecule has 3 aromatic carbocycles. The zero-order chi connectivity index (χ0) is 24.5. The molecule has 4 rings (SSSR count). The van der Waals surface area contributed by atoms with Gasteiger partial charge in [-0.1, -0.05) is 68.1 Å². The molecular weight excluding hydrogens is 828 g/mol. The number of ether oxygens (including phenoxy) is 1. The third kappa shape index (κ3) is 5.49. The van der Waals surface area contributed by atoms with Crippen LogP contribution in [0.4, 0.5) is 0 Å². The van der Waals surface area contributed by atoms with Crippen molar-refractivity contribution in [1.82, 2.24) is 0 Å². The molecule has 1 heterocycles. The molecule has 0 amide bonds. The fourth-order valence-corrected chi connectivity index (χ4v) is 7.07. The van der Waals surface area contributed by atoms with E-state index in [-0.39, 0.29) is 120 Å². The minimum absolute atomic E-state index is 0. The molecule has 0 fully saturated rings. The number of carboxylic acid groups (broad SMARTS) is 1. The molecule has 1 unspecified atom stereocenters. The van der Waals surface area contributed by atoms with Gasteiger partial charge in [-0.3, -0.25) is 0 Å². The smallest absolute Gasteiger partial charge is 0.871 e. The zero-order valence-corrected chi connectivity index (χ0v) is 30.7. The Balaban J connectivity index is 0.00000216. The van der Waals surface area contributed by atoms with Crippen molar-refractivity contribution in [1.29, 1.82) is 0 Å². The largest absolute Gasteiger partial charge is 1.00 e. The van der Waals surface area contributed by atoms with Gasteiger partial charge in [0.1, 0.15) is 21.7 Å². The summed E-state index contributed by atoms with van der Waals surface area (Å²) < 4.78 is 6.67. The Morgan fingerprint density at radius 2 is 1.34 bits per heavy atom. The molecule has 1 atom stereocenters. The van der Waals surface area contributed by atoms with Crippen LogP contribution in [0.25, 0.3) is 0 Å². The van der Waals surface area contributed by atoms with Crippen molar-refractivity contribution in [3.8, 4) is 23.0 Å². The van der Waals surface area contributed by atoms with Gasteiger partial charge in [-0.2, -0.15) is 0 Å². The second kappa shape index (κ2) is 12.4. The first kappa shape index (κ1) is 32.8. The maximum Gasteiger partial charge on any atom is 1.00 e. The van der Waals surface area contributed by atoms with Gasteiger partial charge in [0.15, 0.2) is 0 Å². The fraction of sp³-hybridized carbons (Fsp3) is 0.0500. The number of aromatic hydroxyl groups is 1. The summed E-state index contributed by atoms with van der Waals surface area (Å²) in [5.74, 6) is -2.99. The minimum Gasteiger partial charge on any atom is -0.871 e. The van der Waals surface area contributed by atoms with Crippen molar-refractivity contribution in [2.75, 3.05) is 0 Å². The summed E-state index contributed by atoms with van der Waals surface area (Å²) in [7, 11) is 0. The van der Waals surface area contributed by atoms with E-state index in [1.165, 1.54) is 12.1 Å². The molecule has 0 radical (unpaired) electrons. The van der Waals surface area contributed by atoms with Gasteiger partial charge in [-0.05, 0) is 65.5 Å². The third-order valence-corrected chi connectivity index (χ3v) is 9.43. The van der Waals surface area contributed by atoms with Crippen LogP contribution < -0.4 is 74.1 Å². The van der Waals surface area contributed by atoms with Crippen molar-refractivity contribution in [2.24, 2.45) is 0 Å². The summed E-state index contributed by atoms with van der Waals surface area (Å²) in [6, 6.07) is 3.01. The molecule has 1 N–H and O–H groups in total. The van der Waals surface area contributed by atoms with Crippen LogP contribution in [0.2, 0.25) is 20.1 Å². The molecule has 0 aromatic heterocycles. The standard InChI is InChI=1S/C20H6Br4Cl4O5.2Na/c21-5-1-3-7(8-9(20(31)32)13(26)15(28)14(27)12(8)25)4-2-6(22)17(30)11(24)19(4)33-18(3)10(23)16(5)29;;/h1-2,7,29-30H,(H,31,32);;/q;2*+1/p-2.